The lowest BCUT2D eigenvalue weighted by molar-refractivity contribution is 0.102. The molecule has 0 aliphatic carbocycles. The second-order valence-corrected chi connectivity index (χ2v) is 8.09. The first-order chi connectivity index (χ1) is 14.4. The van der Waals surface area contributed by atoms with Crippen molar-refractivity contribution in [1.29, 1.82) is 0 Å². The van der Waals surface area contributed by atoms with Crippen LogP contribution in [0.3, 0.4) is 0 Å². The molecular weight excluding hydrogens is 372 g/mol. The molecular formula is C26H30N2O2. The second-order valence-electron chi connectivity index (χ2n) is 8.09. The minimum atomic E-state index is -0.118. The van der Waals surface area contributed by atoms with Crippen molar-refractivity contribution in [1.82, 2.24) is 0 Å². The van der Waals surface area contributed by atoms with Crippen molar-refractivity contribution >= 4 is 17.3 Å². The van der Waals surface area contributed by atoms with Crippen LogP contribution < -0.4 is 15.0 Å². The van der Waals surface area contributed by atoms with Gasteiger partial charge in [0.2, 0.25) is 0 Å². The van der Waals surface area contributed by atoms with Crippen LogP contribution >= 0.6 is 0 Å². The van der Waals surface area contributed by atoms with Crippen LogP contribution in [0, 0.1) is 5.92 Å². The number of hydrogen-bond acceptors (Lipinski definition) is 3. The van der Waals surface area contributed by atoms with Gasteiger partial charge in [0.25, 0.3) is 5.91 Å². The lowest BCUT2D eigenvalue weighted by Crippen LogP contribution is -2.13. The zero-order valence-electron chi connectivity index (χ0n) is 18.2. The molecule has 1 N–H and O–H groups in total. The van der Waals surface area contributed by atoms with Crippen LogP contribution in [-0.4, -0.2) is 20.0 Å². The van der Waals surface area contributed by atoms with Crippen LogP contribution in [0.4, 0.5) is 11.4 Å². The van der Waals surface area contributed by atoms with E-state index in [0.29, 0.717) is 18.1 Å². The molecule has 0 aromatic heterocycles. The first kappa shape index (κ1) is 21.4. The highest BCUT2D eigenvalue weighted by atomic mass is 16.5. The number of carbonyl (C=O) groups excluding carboxylic acids is 1. The van der Waals surface area contributed by atoms with E-state index in [1.165, 1.54) is 0 Å². The van der Waals surface area contributed by atoms with Gasteiger partial charge < -0.3 is 15.0 Å². The third kappa shape index (κ3) is 5.86. The lowest BCUT2D eigenvalue weighted by atomic mass is 9.99. The van der Waals surface area contributed by atoms with Gasteiger partial charge in [-0.1, -0.05) is 44.2 Å². The molecule has 0 unspecified atom stereocenters. The first-order valence-electron chi connectivity index (χ1n) is 10.3. The summed E-state index contributed by atoms with van der Waals surface area (Å²) in [4.78, 5) is 14.8. The third-order valence-electron chi connectivity index (χ3n) is 4.83. The summed E-state index contributed by atoms with van der Waals surface area (Å²) in [5, 5.41) is 2.98. The number of nitrogens with one attached hydrogen (secondary N) is 1. The van der Waals surface area contributed by atoms with Gasteiger partial charge in [-0.2, -0.15) is 0 Å². The van der Waals surface area contributed by atoms with Gasteiger partial charge in [-0.05, 0) is 65.9 Å². The Morgan fingerprint density at radius 1 is 0.967 bits per heavy atom. The van der Waals surface area contributed by atoms with Crippen molar-refractivity contribution in [3.63, 3.8) is 0 Å². The molecule has 0 fully saturated rings. The summed E-state index contributed by atoms with van der Waals surface area (Å²) in [5.41, 5.74) is 4.68. The molecule has 0 aliphatic rings. The molecule has 1 amide bonds. The van der Waals surface area contributed by atoms with Crippen LogP contribution in [0.15, 0.2) is 72.8 Å². The van der Waals surface area contributed by atoms with Gasteiger partial charge in [0, 0.05) is 31.0 Å². The Morgan fingerprint density at radius 2 is 1.67 bits per heavy atom. The fourth-order valence-electron chi connectivity index (χ4n) is 3.24. The Kier molecular flexibility index (Phi) is 7.12. The van der Waals surface area contributed by atoms with Crippen LogP contribution in [0.25, 0.3) is 0 Å². The number of hydrogen-bond donors (Lipinski definition) is 1. The van der Waals surface area contributed by atoms with E-state index in [4.69, 9.17) is 4.74 Å². The zero-order valence-corrected chi connectivity index (χ0v) is 18.2. The second kappa shape index (κ2) is 9.97. The van der Waals surface area contributed by atoms with Gasteiger partial charge >= 0.3 is 0 Å². The van der Waals surface area contributed by atoms with E-state index >= 15 is 0 Å². The van der Waals surface area contributed by atoms with E-state index in [1.807, 2.05) is 91.8 Å². The quantitative estimate of drug-likeness (QED) is 0.519. The molecule has 0 aliphatic heterocycles. The number of anilines is 2. The first-order valence-corrected chi connectivity index (χ1v) is 10.3. The van der Waals surface area contributed by atoms with Crippen LogP contribution in [0.5, 0.6) is 5.75 Å². The molecule has 0 spiro atoms. The topological polar surface area (TPSA) is 41.6 Å². The standard InChI is InChI=1S/C26H30N2O2/c1-19(2)16-22-17-21(10-15-25(22)30-18-20-8-6-5-7-9-20)26(29)27-23-11-13-24(14-12-23)28(3)4/h5-15,17,19H,16,18H2,1-4H3,(H,27,29). The number of carbonyl (C=O) groups is 1. The minimum absolute atomic E-state index is 0.118. The molecule has 30 heavy (non-hydrogen) atoms. The summed E-state index contributed by atoms with van der Waals surface area (Å²) < 4.78 is 6.08. The van der Waals surface area contributed by atoms with E-state index in [-0.39, 0.29) is 5.91 Å². The summed E-state index contributed by atoms with van der Waals surface area (Å²) >= 11 is 0. The number of nitrogens with zero attached hydrogens (tertiary/aromatic N) is 1. The Morgan fingerprint density at radius 3 is 2.30 bits per heavy atom. The number of ether oxygens (including phenoxy) is 1. The Bertz CT molecular complexity index is 964. The monoisotopic (exact) mass is 402 g/mol. The van der Waals surface area contributed by atoms with E-state index in [9.17, 15) is 4.79 Å². The molecule has 0 bridgehead atoms. The molecule has 0 saturated carbocycles. The Balaban J connectivity index is 1.74. The summed E-state index contributed by atoms with van der Waals surface area (Å²) in [6.07, 6.45) is 0.850. The van der Waals surface area contributed by atoms with Crippen molar-refractivity contribution in [2.24, 2.45) is 5.92 Å². The largest absolute Gasteiger partial charge is 0.489 e. The predicted molar refractivity (Wildman–Crippen MR) is 124 cm³/mol. The fraction of sp³-hybridized carbons (Fsp3) is 0.269. The van der Waals surface area contributed by atoms with Gasteiger partial charge in [-0.25, -0.2) is 0 Å². The molecule has 3 aromatic carbocycles. The molecule has 3 aromatic rings. The highest BCUT2D eigenvalue weighted by Gasteiger charge is 2.13. The summed E-state index contributed by atoms with van der Waals surface area (Å²) in [7, 11) is 3.98. The molecule has 156 valence electrons. The average Bonchev–Trinajstić information content (AvgIpc) is 2.73. The predicted octanol–water partition coefficient (Wildman–Crippen LogP) is 5.78. The molecule has 0 radical (unpaired) electrons. The number of amides is 1. The smallest absolute Gasteiger partial charge is 0.255 e. The highest BCUT2D eigenvalue weighted by Crippen LogP contribution is 2.25. The zero-order chi connectivity index (χ0) is 21.5. The van der Waals surface area contributed by atoms with Gasteiger partial charge in [-0.3, -0.25) is 4.79 Å². The maximum Gasteiger partial charge on any atom is 0.255 e. The summed E-state index contributed by atoms with van der Waals surface area (Å²) in [5.74, 6) is 1.17. The summed E-state index contributed by atoms with van der Waals surface area (Å²) in [6.45, 7) is 4.84. The van der Waals surface area contributed by atoms with E-state index < -0.39 is 0 Å². The van der Waals surface area contributed by atoms with Crippen molar-refractivity contribution in [3.8, 4) is 5.75 Å². The van der Waals surface area contributed by atoms with Gasteiger partial charge in [0.05, 0.1) is 0 Å². The number of rotatable bonds is 8. The van der Waals surface area contributed by atoms with Crippen molar-refractivity contribution in [3.05, 3.63) is 89.5 Å². The third-order valence-corrected chi connectivity index (χ3v) is 4.83. The van der Waals surface area contributed by atoms with Crippen LogP contribution in [0.1, 0.15) is 35.3 Å². The fourth-order valence-corrected chi connectivity index (χ4v) is 3.24. The molecule has 4 heteroatoms. The molecule has 0 saturated heterocycles. The van der Waals surface area contributed by atoms with E-state index in [0.717, 1.165) is 34.7 Å². The Hall–Kier alpha value is -3.27. The molecule has 4 nitrogen and oxygen atoms in total. The van der Waals surface area contributed by atoms with Crippen molar-refractivity contribution in [2.45, 2.75) is 26.9 Å². The molecule has 3 rings (SSSR count). The van der Waals surface area contributed by atoms with Crippen molar-refractivity contribution < 1.29 is 9.53 Å². The van der Waals surface area contributed by atoms with E-state index in [2.05, 4.69) is 19.2 Å². The maximum atomic E-state index is 12.8. The Labute approximate surface area is 179 Å². The van der Waals surface area contributed by atoms with Crippen molar-refractivity contribution in [2.75, 3.05) is 24.3 Å². The molecule has 0 heterocycles. The molecule has 0 atom stereocenters. The highest BCUT2D eigenvalue weighted by molar-refractivity contribution is 6.04. The minimum Gasteiger partial charge on any atom is -0.489 e. The van der Waals surface area contributed by atoms with Crippen LogP contribution in [-0.2, 0) is 13.0 Å². The van der Waals surface area contributed by atoms with Gasteiger partial charge in [0.15, 0.2) is 0 Å². The van der Waals surface area contributed by atoms with Gasteiger partial charge in [0.1, 0.15) is 12.4 Å². The van der Waals surface area contributed by atoms with Gasteiger partial charge in [-0.15, -0.1) is 0 Å². The maximum absolute atomic E-state index is 12.8. The number of benzene rings is 3. The van der Waals surface area contributed by atoms with E-state index in [1.54, 1.807) is 0 Å². The summed E-state index contributed by atoms with van der Waals surface area (Å²) in [6, 6.07) is 23.6. The van der Waals surface area contributed by atoms with Crippen LogP contribution in [0.2, 0.25) is 0 Å². The lowest BCUT2D eigenvalue weighted by Gasteiger charge is -2.15. The average molecular weight is 403 g/mol. The normalized spacial score (nSPS) is 10.7. The SMILES string of the molecule is CC(C)Cc1cc(C(=O)Nc2ccc(N(C)C)cc2)ccc1OCc1ccccc1.